The van der Waals surface area contributed by atoms with Gasteiger partial charge >= 0.3 is 0 Å². The van der Waals surface area contributed by atoms with Crippen molar-refractivity contribution < 1.29 is 0 Å². The molecule has 2 aliphatic heterocycles. The Bertz CT molecular complexity index is 1480. The van der Waals surface area contributed by atoms with Crippen molar-refractivity contribution in [2.75, 3.05) is 0 Å². The van der Waals surface area contributed by atoms with Gasteiger partial charge in [0.15, 0.2) is 0 Å². The first-order chi connectivity index (χ1) is 17.7. The molecule has 3 aromatic rings. The monoisotopic (exact) mass is 488 g/mol. The maximum atomic E-state index is 4.64. The lowest BCUT2D eigenvalue weighted by atomic mass is 9.88. The third-order valence-corrected chi connectivity index (χ3v) is 8.30. The Kier molecular flexibility index (Phi) is 6.36. The van der Waals surface area contributed by atoms with Crippen molar-refractivity contribution in [3.05, 3.63) is 115 Å². The Morgan fingerprint density at radius 3 is 1.41 bits per heavy atom. The van der Waals surface area contributed by atoms with Crippen LogP contribution in [-0.2, 0) is 0 Å². The zero-order valence-corrected chi connectivity index (χ0v) is 23.2. The Hall–Kier alpha value is -3.92. The molecule has 2 N–H and O–H groups in total. The summed E-state index contributed by atoms with van der Waals surface area (Å²) in [5, 5.41) is 0. The summed E-state index contributed by atoms with van der Waals surface area (Å²) < 4.78 is 0. The Morgan fingerprint density at radius 1 is 0.595 bits per heavy atom. The molecule has 5 rings (SSSR count). The van der Waals surface area contributed by atoms with Crippen LogP contribution in [0.2, 0.25) is 0 Å². The van der Waals surface area contributed by atoms with Gasteiger partial charge in [-0.15, -0.1) is 0 Å². The van der Waals surface area contributed by atoms with Gasteiger partial charge in [-0.05, 0) is 118 Å². The maximum Gasteiger partial charge on any atom is 0.0682 e. The van der Waals surface area contributed by atoms with Gasteiger partial charge in [-0.1, -0.05) is 30.3 Å². The fourth-order valence-electron chi connectivity index (χ4n) is 5.15. The zero-order chi connectivity index (χ0) is 26.4. The van der Waals surface area contributed by atoms with E-state index in [1.165, 1.54) is 61.5 Å². The van der Waals surface area contributed by atoms with Gasteiger partial charge in [0, 0.05) is 35.2 Å². The smallest absolute Gasteiger partial charge is 0.0682 e. The van der Waals surface area contributed by atoms with E-state index in [2.05, 4.69) is 118 Å². The highest BCUT2D eigenvalue weighted by molar-refractivity contribution is 5.88. The topological polar surface area (TPSA) is 56.3 Å². The van der Waals surface area contributed by atoms with E-state index in [9.17, 15) is 0 Å². The first-order valence-electron chi connectivity index (χ1n) is 13.0. The standard InChI is InChI=1S/C33H36N4/c1-18-16-34-27(20(18)3)14-29-22(5)24(7)32(36-29)31(26-12-10-9-11-13-26)33-25(8)23(6)30(37-33)15-28-21(4)19(2)17-35-28/h9-17,31,36-37H,1-8H3/b27-14-,28-15-. The number of nitrogens with one attached hydrogen (secondary N) is 2. The van der Waals surface area contributed by atoms with Gasteiger partial charge in [-0.25, -0.2) is 0 Å². The third-order valence-electron chi connectivity index (χ3n) is 8.30. The van der Waals surface area contributed by atoms with Crippen LogP contribution in [0.3, 0.4) is 0 Å². The van der Waals surface area contributed by atoms with E-state index in [4.69, 9.17) is 0 Å². The number of H-pyrrole nitrogens is 2. The first kappa shape index (κ1) is 24.8. The number of rotatable bonds is 5. The second-order valence-electron chi connectivity index (χ2n) is 10.4. The number of aromatic nitrogens is 2. The van der Waals surface area contributed by atoms with Crippen molar-refractivity contribution in [2.24, 2.45) is 9.98 Å². The fraction of sp³-hybridized carbons (Fsp3) is 0.273. The molecule has 4 heteroatoms. The van der Waals surface area contributed by atoms with E-state index < -0.39 is 0 Å². The minimum atomic E-state index is 0.0498. The van der Waals surface area contributed by atoms with Crippen LogP contribution in [0.15, 0.2) is 74.0 Å². The van der Waals surface area contributed by atoms with Crippen molar-refractivity contribution in [2.45, 2.75) is 61.3 Å². The van der Waals surface area contributed by atoms with Crippen molar-refractivity contribution in [1.82, 2.24) is 9.97 Å². The Balaban J connectivity index is 1.66. The predicted octanol–water partition coefficient (Wildman–Crippen LogP) is 8.28. The maximum absolute atomic E-state index is 4.64. The van der Waals surface area contributed by atoms with Gasteiger partial charge in [0.2, 0.25) is 0 Å². The molecule has 0 aliphatic carbocycles. The summed E-state index contributed by atoms with van der Waals surface area (Å²) >= 11 is 0. The van der Waals surface area contributed by atoms with E-state index in [0.717, 1.165) is 22.8 Å². The Morgan fingerprint density at radius 2 is 1.03 bits per heavy atom. The van der Waals surface area contributed by atoms with Crippen LogP contribution in [0.5, 0.6) is 0 Å². The van der Waals surface area contributed by atoms with Crippen LogP contribution in [-0.4, -0.2) is 22.4 Å². The number of hydrogen-bond acceptors (Lipinski definition) is 2. The Labute approximate surface area is 220 Å². The van der Waals surface area contributed by atoms with Gasteiger partial charge in [0.1, 0.15) is 0 Å². The van der Waals surface area contributed by atoms with E-state index in [1.54, 1.807) is 0 Å². The number of nitrogens with zero attached hydrogens (tertiary/aromatic N) is 2. The second kappa shape index (κ2) is 9.51. The molecule has 0 fully saturated rings. The average Bonchev–Trinajstić information content (AvgIpc) is 3.56. The highest BCUT2D eigenvalue weighted by atomic mass is 14.8. The van der Waals surface area contributed by atoms with Gasteiger partial charge < -0.3 is 9.97 Å². The minimum absolute atomic E-state index is 0.0498. The number of allylic oxidation sites excluding steroid dienone is 4. The molecule has 37 heavy (non-hydrogen) atoms. The number of benzene rings is 1. The lowest BCUT2D eigenvalue weighted by Gasteiger charge is -2.18. The van der Waals surface area contributed by atoms with E-state index in [0.29, 0.717) is 0 Å². The van der Waals surface area contributed by atoms with Crippen molar-refractivity contribution >= 4 is 24.6 Å². The lowest BCUT2D eigenvalue weighted by Crippen LogP contribution is -2.07. The second-order valence-corrected chi connectivity index (χ2v) is 10.4. The fourth-order valence-corrected chi connectivity index (χ4v) is 5.15. The largest absolute Gasteiger partial charge is 0.358 e. The number of aliphatic imine (C=N–C) groups is 2. The summed E-state index contributed by atoms with van der Waals surface area (Å²) in [5.41, 5.74) is 18.0. The van der Waals surface area contributed by atoms with Crippen LogP contribution < -0.4 is 0 Å². The quantitative estimate of drug-likeness (QED) is 0.363. The van der Waals surface area contributed by atoms with Crippen molar-refractivity contribution in [3.8, 4) is 0 Å². The summed E-state index contributed by atoms with van der Waals surface area (Å²) in [6.45, 7) is 17.4. The molecule has 0 bridgehead atoms. The first-order valence-corrected chi connectivity index (χ1v) is 13.0. The minimum Gasteiger partial charge on any atom is -0.358 e. The lowest BCUT2D eigenvalue weighted by molar-refractivity contribution is 0.875. The molecule has 4 nitrogen and oxygen atoms in total. The summed E-state index contributed by atoms with van der Waals surface area (Å²) in [6, 6.07) is 10.8. The van der Waals surface area contributed by atoms with Crippen LogP contribution in [0.4, 0.5) is 0 Å². The number of aromatic amines is 2. The number of hydrogen-bond donors (Lipinski definition) is 2. The van der Waals surface area contributed by atoms with E-state index in [-0.39, 0.29) is 5.92 Å². The molecular formula is C33H36N4. The van der Waals surface area contributed by atoms with Gasteiger partial charge in [0.25, 0.3) is 0 Å². The molecule has 4 heterocycles. The molecule has 0 spiro atoms. The van der Waals surface area contributed by atoms with Crippen LogP contribution in [0.1, 0.15) is 84.2 Å². The van der Waals surface area contributed by atoms with Crippen LogP contribution >= 0.6 is 0 Å². The summed E-state index contributed by atoms with van der Waals surface area (Å²) in [5.74, 6) is 0.0498. The normalized spacial score (nSPS) is 18.4. The zero-order valence-electron chi connectivity index (χ0n) is 23.2. The molecule has 2 aliphatic rings. The van der Waals surface area contributed by atoms with Crippen LogP contribution in [0.25, 0.3) is 12.2 Å². The SMILES string of the molecule is CC1=C(C)/C(=C/c2[nH]c(C(c3ccccc3)c3[nH]c(/C=C4\N=CC(C)=C4C)c(C)c3C)c(C)c2C)N=C1. The molecule has 0 atom stereocenters. The molecule has 2 aromatic heterocycles. The van der Waals surface area contributed by atoms with Crippen molar-refractivity contribution in [1.29, 1.82) is 0 Å². The van der Waals surface area contributed by atoms with Gasteiger partial charge in [-0.2, -0.15) is 0 Å². The molecule has 1 aromatic carbocycles. The summed E-state index contributed by atoms with van der Waals surface area (Å²) in [4.78, 5) is 16.9. The van der Waals surface area contributed by atoms with Gasteiger partial charge in [0.05, 0.1) is 17.3 Å². The molecular weight excluding hydrogens is 452 g/mol. The molecule has 0 saturated heterocycles. The van der Waals surface area contributed by atoms with E-state index >= 15 is 0 Å². The highest BCUT2D eigenvalue weighted by Crippen LogP contribution is 2.39. The third kappa shape index (κ3) is 4.31. The van der Waals surface area contributed by atoms with E-state index in [1.807, 2.05) is 12.4 Å². The van der Waals surface area contributed by atoms with Crippen LogP contribution in [0, 0.1) is 27.7 Å². The summed E-state index contributed by atoms with van der Waals surface area (Å²) in [6.07, 6.45) is 8.28. The average molecular weight is 489 g/mol. The molecule has 0 unspecified atom stereocenters. The molecule has 0 radical (unpaired) electrons. The molecule has 188 valence electrons. The molecule has 0 amide bonds. The predicted molar refractivity (Wildman–Crippen MR) is 158 cm³/mol. The van der Waals surface area contributed by atoms with Gasteiger partial charge in [-0.3, -0.25) is 9.98 Å². The molecule has 0 saturated carbocycles. The van der Waals surface area contributed by atoms with Crippen molar-refractivity contribution in [3.63, 3.8) is 0 Å². The highest BCUT2D eigenvalue weighted by Gasteiger charge is 2.27. The summed E-state index contributed by atoms with van der Waals surface area (Å²) in [7, 11) is 0.